The first kappa shape index (κ1) is 14.3. The molecule has 0 bridgehead atoms. The number of pyridine rings is 1. The van der Waals surface area contributed by atoms with Gasteiger partial charge in [-0.05, 0) is 55.8 Å². The van der Waals surface area contributed by atoms with E-state index in [1.807, 2.05) is 12.3 Å². The molecule has 1 heterocycles. The number of nitrogen functional groups attached to an aromatic ring is 1. The van der Waals surface area contributed by atoms with E-state index in [1.54, 1.807) is 0 Å². The van der Waals surface area contributed by atoms with E-state index in [9.17, 15) is 0 Å². The molecule has 1 aliphatic carbocycles. The van der Waals surface area contributed by atoms with Gasteiger partial charge in [-0.1, -0.05) is 26.2 Å². The van der Waals surface area contributed by atoms with Crippen LogP contribution in [0.4, 0.5) is 5.82 Å². The Hall–Kier alpha value is -1.09. The quantitative estimate of drug-likeness (QED) is 0.856. The van der Waals surface area contributed by atoms with Crippen molar-refractivity contribution in [3.8, 4) is 0 Å². The number of hydrogen-bond donors (Lipinski definition) is 2. The minimum Gasteiger partial charge on any atom is -0.384 e. The highest BCUT2D eigenvalue weighted by Gasteiger charge is 2.26. The molecular weight excluding hydrogens is 234 g/mol. The van der Waals surface area contributed by atoms with Crippen LogP contribution in [0, 0.1) is 11.8 Å². The summed E-state index contributed by atoms with van der Waals surface area (Å²) in [6, 6.07) is 4.65. The van der Waals surface area contributed by atoms with Crippen molar-refractivity contribution < 1.29 is 0 Å². The lowest BCUT2D eigenvalue weighted by molar-refractivity contribution is 0.222. The number of nitrogens with two attached hydrogens (primary N) is 1. The molecule has 106 valence electrons. The van der Waals surface area contributed by atoms with Gasteiger partial charge in [-0.3, -0.25) is 0 Å². The molecule has 1 aromatic heterocycles. The second-order valence-corrected chi connectivity index (χ2v) is 5.88. The Morgan fingerprint density at radius 2 is 2.11 bits per heavy atom. The molecule has 0 spiro atoms. The van der Waals surface area contributed by atoms with Gasteiger partial charge >= 0.3 is 0 Å². The Bertz CT molecular complexity index is 383. The fraction of sp³-hybridized carbons (Fsp3) is 0.688. The van der Waals surface area contributed by atoms with E-state index in [1.165, 1.54) is 37.7 Å². The average molecular weight is 261 g/mol. The third-order valence-electron chi connectivity index (χ3n) is 4.71. The first-order valence-electron chi connectivity index (χ1n) is 7.60. The maximum atomic E-state index is 5.76. The van der Waals surface area contributed by atoms with Crippen LogP contribution in [0.1, 0.15) is 44.6 Å². The number of aromatic nitrogens is 1. The molecule has 1 saturated carbocycles. The van der Waals surface area contributed by atoms with Crippen LogP contribution < -0.4 is 11.1 Å². The maximum Gasteiger partial charge on any atom is 0.123 e. The largest absolute Gasteiger partial charge is 0.384 e. The van der Waals surface area contributed by atoms with E-state index >= 15 is 0 Å². The highest BCUT2D eigenvalue weighted by atomic mass is 14.9. The molecule has 19 heavy (non-hydrogen) atoms. The van der Waals surface area contributed by atoms with Gasteiger partial charge in [-0.25, -0.2) is 4.98 Å². The molecule has 1 atom stereocenters. The molecule has 1 aliphatic rings. The molecule has 3 heteroatoms. The van der Waals surface area contributed by atoms with Crippen molar-refractivity contribution in [3.63, 3.8) is 0 Å². The summed E-state index contributed by atoms with van der Waals surface area (Å²) in [5.74, 6) is 2.40. The lowest BCUT2D eigenvalue weighted by Crippen LogP contribution is -2.37. The van der Waals surface area contributed by atoms with Gasteiger partial charge < -0.3 is 11.1 Å². The number of nitrogens with one attached hydrogen (secondary N) is 1. The molecule has 0 amide bonds. The molecule has 0 aromatic carbocycles. The third kappa shape index (κ3) is 3.93. The van der Waals surface area contributed by atoms with Crippen LogP contribution in [-0.2, 0) is 6.42 Å². The summed E-state index contributed by atoms with van der Waals surface area (Å²) in [7, 11) is 2.08. The van der Waals surface area contributed by atoms with Crippen molar-refractivity contribution in [1.29, 1.82) is 0 Å². The van der Waals surface area contributed by atoms with E-state index < -0.39 is 0 Å². The zero-order valence-corrected chi connectivity index (χ0v) is 12.2. The van der Waals surface area contributed by atoms with Crippen LogP contribution in [0.5, 0.6) is 0 Å². The molecule has 0 radical (unpaired) electrons. The van der Waals surface area contributed by atoms with Crippen LogP contribution in [-0.4, -0.2) is 18.1 Å². The first-order chi connectivity index (χ1) is 9.22. The van der Waals surface area contributed by atoms with Crippen molar-refractivity contribution in [1.82, 2.24) is 10.3 Å². The normalized spacial score (nSPS) is 25.2. The summed E-state index contributed by atoms with van der Waals surface area (Å²) < 4.78 is 0. The van der Waals surface area contributed by atoms with Gasteiger partial charge in [0.05, 0.1) is 0 Å². The van der Waals surface area contributed by atoms with Crippen molar-refractivity contribution >= 4 is 5.82 Å². The van der Waals surface area contributed by atoms with Crippen LogP contribution in [0.15, 0.2) is 18.3 Å². The molecule has 3 nitrogen and oxygen atoms in total. The zero-order valence-electron chi connectivity index (χ0n) is 12.2. The van der Waals surface area contributed by atoms with E-state index in [2.05, 4.69) is 30.3 Å². The molecule has 1 unspecified atom stereocenters. The zero-order chi connectivity index (χ0) is 13.7. The van der Waals surface area contributed by atoms with Gasteiger partial charge in [0.2, 0.25) is 0 Å². The number of anilines is 1. The van der Waals surface area contributed by atoms with Gasteiger partial charge in [-0.2, -0.15) is 0 Å². The molecule has 1 fully saturated rings. The van der Waals surface area contributed by atoms with E-state index in [-0.39, 0.29) is 0 Å². The summed E-state index contributed by atoms with van der Waals surface area (Å²) in [5.41, 5.74) is 7.05. The first-order valence-corrected chi connectivity index (χ1v) is 7.60. The Balaban J connectivity index is 1.93. The van der Waals surface area contributed by atoms with E-state index in [4.69, 9.17) is 5.73 Å². The van der Waals surface area contributed by atoms with Crippen LogP contribution in [0.25, 0.3) is 0 Å². The minimum absolute atomic E-state index is 0.569. The predicted molar refractivity (Wildman–Crippen MR) is 80.9 cm³/mol. The molecular formula is C16H27N3. The smallest absolute Gasteiger partial charge is 0.123 e. The van der Waals surface area contributed by atoms with Crippen molar-refractivity contribution in [2.75, 3.05) is 12.8 Å². The summed E-state index contributed by atoms with van der Waals surface area (Å²) in [4.78, 5) is 4.06. The summed E-state index contributed by atoms with van der Waals surface area (Å²) >= 11 is 0. The van der Waals surface area contributed by atoms with Gasteiger partial charge in [0.25, 0.3) is 0 Å². The van der Waals surface area contributed by atoms with Gasteiger partial charge in [0.15, 0.2) is 0 Å². The molecule has 0 aliphatic heterocycles. The van der Waals surface area contributed by atoms with Crippen LogP contribution >= 0.6 is 0 Å². The van der Waals surface area contributed by atoms with Gasteiger partial charge in [0.1, 0.15) is 5.82 Å². The summed E-state index contributed by atoms with van der Waals surface area (Å²) in [6.07, 6.45) is 9.75. The van der Waals surface area contributed by atoms with Gasteiger partial charge in [0, 0.05) is 12.2 Å². The average Bonchev–Trinajstić information content (AvgIpc) is 2.45. The fourth-order valence-corrected chi connectivity index (χ4v) is 3.38. The third-order valence-corrected chi connectivity index (χ3v) is 4.71. The second kappa shape index (κ2) is 6.90. The second-order valence-electron chi connectivity index (χ2n) is 5.88. The number of likely N-dealkylation sites (N-methyl/N-ethyl adjacent to an activating group) is 1. The van der Waals surface area contributed by atoms with Crippen LogP contribution in [0.2, 0.25) is 0 Å². The van der Waals surface area contributed by atoms with Crippen molar-refractivity contribution in [2.45, 2.75) is 51.5 Å². The minimum atomic E-state index is 0.569. The molecule has 0 saturated heterocycles. The fourth-order valence-electron chi connectivity index (χ4n) is 3.38. The predicted octanol–water partition coefficient (Wildman–Crippen LogP) is 3.01. The molecule has 2 rings (SSSR count). The Labute approximate surface area is 117 Å². The number of nitrogens with zero attached hydrogens (tertiary/aromatic N) is 1. The SMILES string of the molecule is CCC1CCC(C(Cc2ccnc(N)c2)NC)CC1. The van der Waals surface area contributed by atoms with Crippen molar-refractivity contribution in [2.24, 2.45) is 11.8 Å². The van der Waals surface area contributed by atoms with Crippen molar-refractivity contribution in [3.05, 3.63) is 23.9 Å². The number of rotatable bonds is 5. The van der Waals surface area contributed by atoms with E-state index in [0.29, 0.717) is 11.9 Å². The standard InChI is InChI=1S/C16H27N3/c1-3-12-4-6-14(7-5-12)15(18-2)10-13-8-9-19-16(17)11-13/h8-9,11-12,14-15,18H,3-7,10H2,1-2H3,(H2,17,19). The number of hydrogen-bond acceptors (Lipinski definition) is 3. The topological polar surface area (TPSA) is 50.9 Å². The highest BCUT2D eigenvalue weighted by Crippen LogP contribution is 2.33. The van der Waals surface area contributed by atoms with E-state index in [0.717, 1.165) is 18.3 Å². The maximum absolute atomic E-state index is 5.76. The Morgan fingerprint density at radius 1 is 1.37 bits per heavy atom. The molecule has 3 N–H and O–H groups in total. The summed E-state index contributed by atoms with van der Waals surface area (Å²) in [6.45, 7) is 2.32. The lowest BCUT2D eigenvalue weighted by atomic mass is 9.76. The monoisotopic (exact) mass is 261 g/mol. The summed E-state index contributed by atoms with van der Waals surface area (Å²) in [5, 5.41) is 3.51. The highest BCUT2D eigenvalue weighted by molar-refractivity contribution is 5.32. The van der Waals surface area contributed by atoms with Crippen LogP contribution in [0.3, 0.4) is 0 Å². The molecule has 1 aromatic rings. The Morgan fingerprint density at radius 3 is 2.68 bits per heavy atom. The van der Waals surface area contributed by atoms with Gasteiger partial charge in [-0.15, -0.1) is 0 Å². The lowest BCUT2D eigenvalue weighted by Gasteiger charge is -2.33. The Kier molecular flexibility index (Phi) is 5.20.